The zero-order valence-corrected chi connectivity index (χ0v) is 18.0. The third kappa shape index (κ3) is 4.72. The maximum atomic E-state index is 12.2. The van der Waals surface area contributed by atoms with Crippen molar-refractivity contribution in [3.63, 3.8) is 0 Å². The second-order valence-corrected chi connectivity index (χ2v) is 8.36. The quantitative estimate of drug-likeness (QED) is 0.715. The first kappa shape index (κ1) is 20.6. The molecule has 160 valence electrons. The topological polar surface area (TPSA) is 42.0 Å². The van der Waals surface area contributed by atoms with Crippen LogP contribution in [0.2, 0.25) is 0 Å². The van der Waals surface area contributed by atoms with Crippen LogP contribution in [0.15, 0.2) is 48.5 Å². The Morgan fingerprint density at radius 2 is 1.80 bits per heavy atom. The fraction of sp³-hybridized carbons (Fsp3) is 0.480. The van der Waals surface area contributed by atoms with Crippen LogP contribution in [0.5, 0.6) is 11.5 Å². The molecule has 0 N–H and O–H groups in total. The lowest BCUT2D eigenvalue weighted by molar-refractivity contribution is -0.131. The Hall–Kier alpha value is -2.69. The van der Waals surface area contributed by atoms with E-state index in [2.05, 4.69) is 41.3 Å². The van der Waals surface area contributed by atoms with Crippen molar-refractivity contribution in [2.45, 2.75) is 51.2 Å². The fourth-order valence-corrected chi connectivity index (χ4v) is 4.71. The van der Waals surface area contributed by atoms with Gasteiger partial charge in [0.05, 0.1) is 19.3 Å². The number of anilines is 1. The van der Waals surface area contributed by atoms with Gasteiger partial charge < -0.3 is 19.3 Å². The first-order chi connectivity index (χ1) is 14.6. The SMILES string of the molecule is COc1ccc(N2CCN(C(C)=O)C(Cc3ccccc3)C2)cc1OC1CCCC1. The highest BCUT2D eigenvalue weighted by atomic mass is 16.5. The van der Waals surface area contributed by atoms with E-state index >= 15 is 0 Å². The number of nitrogens with zero attached hydrogens (tertiary/aromatic N) is 2. The van der Waals surface area contributed by atoms with E-state index in [1.165, 1.54) is 18.4 Å². The molecule has 0 radical (unpaired) electrons. The Balaban J connectivity index is 1.53. The summed E-state index contributed by atoms with van der Waals surface area (Å²) in [7, 11) is 1.69. The van der Waals surface area contributed by atoms with Crippen molar-refractivity contribution in [2.24, 2.45) is 0 Å². The summed E-state index contributed by atoms with van der Waals surface area (Å²) in [5, 5.41) is 0. The van der Waals surface area contributed by atoms with Crippen molar-refractivity contribution >= 4 is 11.6 Å². The largest absolute Gasteiger partial charge is 0.493 e. The molecule has 0 bridgehead atoms. The van der Waals surface area contributed by atoms with E-state index in [1.807, 2.05) is 17.0 Å². The van der Waals surface area contributed by atoms with E-state index < -0.39 is 0 Å². The second kappa shape index (κ2) is 9.41. The van der Waals surface area contributed by atoms with E-state index in [9.17, 15) is 4.79 Å². The molecule has 0 aromatic heterocycles. The van der Waals surface area contributed by atoms with Gasteiger partial charge in [-0.15, -0.1) is 0 Å². The van der Waals surface area contributed by atoms with Crippen LogP contribution in [0, 0.1) is 0 Å². The van der Waals surface area contributed by atoms with Crippen LogP contribution in [0.25, 0.3) is 0 Å². The van der Waals surface area contributed by atoms with Gasteiger partial charge in [-0.1, -0.05) is 30.3 Å². The minimum Gasteiger partial charge on any atom is -0.493 e. The monoisotopic (exact) mass is 408 g/mol. The zero-order chi connectivity index (χ0) is 20.9. The Morgan fingerprint density at radius 3 is 2.50 bits per heavy atom. The van der Waals surface area contributed by atoms with Gasteiger partial charge in [-0.2, -0.15) is 0 Å². The summed E-state index contributed by atoms with van der Waals surface area (Å²) in [6.07, 6.45) is 5.85. The van der Waals surface area contributed by atoms with Gasteiger partial charge in [0.15, 0.2) is 11.5 Å². The summed E-state index contributed by atoms with van der Waals surface area (Å²) in [6.45, 7) is 4.04. The van der Waals surface area contributed by atoms with E-state index in [0.717, 1.165) is 56.1 Å². The van der Waals surface area contributed by atoms with Crippen molar-refractivity contribution in [3.8, 4) is 11.5 Å². The number of hydrogen-bond donors (Lipinski definition) is 0. The van der Waals surface area contributed by atoms with E-state index in [1.54, 1.807) is 14.0 Å². The van der Waals surface area contributed by atoms with Crippen LogP contribution in [-0.2, 0) is 11.2 Å². The van der Waals surface area contributed by atoms with Crippen LogP contribution in [0.3, 0.4) is 0 Å². The maximum absolute atomic E-state index is 12.2. The number of carbonyl (C=O) groups excluding carboxylic acids is 1. The normalized spacial score (nSPS) is 19.7. The molecule has 4 rings (SSSR count). The number of hydrogen-bond acceptors (Lipinski definition) is 4. The molecule has 1 saturated heterocycles. The lowest BCUT2D eigenvalue weighted by atomic mass is 10.0. The Morgan fingerprint density at radius 1 is 1.03 bits per heavy atom. The number of benzene rings is 2. The lowest BCUT2D eigenvalue weighted by Gasteiger charge is -2.42. The third-order valence-corrected chi connectivity index (χ3v) is 6.31. The number of amides is 1. The zero-order valence-electron chi connectivity index (χ0n) is 18.0. The number of methoxy groups -OCH3 is 1. The molecule has 1 atom stereocenters. The highest BCUT2D eigenvalue weighted by Crippen LogP contribution is 2.35. The summed E-state index contributed by atoms with van der Waals surface area (Å²) < 4.78 is 11.8. The van der Waals surface area contributed by atoms with Gasteiger partial charge >= 0.3 is 0 Å². The van der Waals surface area contributed by atoms with Crippen LogP contribution in [-0.4, -0.2) is 49.7 Å². The predicted octanol–water partition coefficient (Wildman–Crippen LogP) is 4.30. The molecule has 0 spiro atoms. The predicted molar refractivity (Wildman–Crippen MR) is 119 cm³/mol. The standard InChI is InChI=1S/C25H32N2O3/c1-19(28)27-15-14-26(18-22(27)16-20-8-4-3-5-9-20)21-12-13-24(29-2)25(17-21)30-23-10-6-7-11-23/h3-5,8-9,12-13,17,22-23H,6-7,10-11,14-16,18H2,1-2H3. The lowest BCUT2D eigenvalue weighted by Crippen LogP contribution is -2.55. The average Bonchev–Trinajstić information content (AvgIpc) is 3.27. The van der Waals surface area contributed by atoms with E-state index in [0.29, 0.717) is 0 Å². The van der Waals surface area contributed by atoms with Gasteiger partial charge in [0, 0.05) is 38.3 Å². The third-order valence-electron chi connectivity index (χ3n) is 6.31. The number of rotatable bonds is 6. The minimum absolute atomic E-state index is 0.149. The number of ether oxygens (including phenoxy) is 2. The van der Waals surface area contributed by atoms with Gasteiger partial charge in [-0.05, 0) is 49.8 Å². The first-order valence-electron chi connectivity index (χ1n) is 11.0. The van der Waals surface area contributed by atoms with Crippen molar-refractivity contribution in [2.75, 3.05) is 31.6 Å². The number of carbonyl (C=O) groups is 1. The fourth-order valence-electron chi connectivity index (χ4n) is 4.71. The molecule has 1 unspecified atom stereocenters. The molecular formula is C25H32N2O3. The Labute approximate surface area is 179 Å². The Bertz CT molecular complexity index is 849. The molecule has 2 aromatic rings. The van der Waals surface area contributed by atoms with Gasteiger partial charge in [0.2, 0.25) is 5.91 Å². The highest BCUT2D eigenvalue weighted by molar-refractivity contribution is 5.74. The van der Waals surface area contributed by atoms with Crippen molar-refractivity contribution in [3.05, 3.63) is 54.1 Å². The Kier molecular flexibility index (Phi) is 6.46. The van der Waals surface area contributed by atoms with Gasteiger partial charge in [0.1, 0.15) is 0 Å². The molecule has 2 fully saturated rings. The summed E-state index contributed by atoms with van der Waals surface area (Å²) in [6, 6.07) is 16.8. The summed E-state index contributed by atoms with van der Waals surface area (Å²) in [5.74, 6) is 1.76. The summed E-state index contributed by atoms with van der Waals surface area (Å²) >= 11 is 0. The molecular weight excluding hydrogens is 376 g/mol. The summed E-state index contributed by atoms with van der Waals surface area (Å²) in [4.78, 5) is 16.6. The van der Waals surface area contributed by atoms with Crippen molar-refractivity contribution < 1.29 is 14.3 Å². The van der Waals surface area contributed by atoms with Crippen LogP contribution >= 0.6 is 0 Å². The van der Waals surface area contributed by atoms with E-state index in [-0.39, 0.29) is 18.1 Å². The van der Waals surface area contributed by atoms with Crippen molar-refractivity contribution in [1.82, 2.24) is 4.90 Å². The smallest absolute Gasteiger partial charge is 0.219 e. The maximum Gasteiger partial charge on any atom is 0.219 e. The second-order valence-electron chi connectivity index (χ2n) is 8.36. The molecule has 1 aliphatic heterocycles. The van der Waals surface area contributed by atoms with Crippen LogP contribution < -0.4 is 14.4 Å². The van der Waals surface area contributed by atoms with Crippen LogP contribution in [0.4, 0.5) is 5.69 Å². The molecule has 2 aromatic carbocycles. The molecule has 1 saturated carbocycles. The highest BCUT2D eigenvalue weighted by Gasteiger charge is 2.29. The molecule has 30 heavy (non-hydrogen) atoms. The molecule has 2 aliphatic rings. The minimum atomic E-state index is 0.149. The van der Waals surface area contributed by atoms with E-state index in [4.69, 9.17) is 9.47 Å². The molecule has 5 nitrogen and oxygen atoms in total. The molecule has 5 heteroatoms. The molecule has 1 amide bonds. The van der Waals surface area contributed by atoms with Gasteiger partial charge in [0.25, 0.3) is 0 Å². The number of piperazine rings is 1. The molecule has 1 aliphatic carbocycles. The van der Waals surface area contributed by atoms with Gasteiger partial charge in [-0.3, -0.25) is 4.79 Å². The van der Waals surface area contributed by atoms with Crippen molar-refractivity contribution in [1.29, 1.82) is 0 Å². The summed E-state index contributed by atoms with van der Waals surface area (Å²) in [5.41, 5.74) is 2.39. The molecule has 1 heterocycles. The average molecular weight is 409 g/mol. The first-order valence-corrected chi connectivity index (χ1v) is 11.0. The van der Waals surface area contributed by atoms with Gasteiger partial charge in [-0.25, -0.2) is 0 Å². The van der Waals surface area contributed by atoms with Crippen LogP contribution in [0.1, 0.15) is 38.2 Å².